The molecule has 0 spiro atoms. The van der Waals surface area contributed by atoms with E-state index < -0.39 is 0 Å². The van der Waals surface area contributed by atoms with Crippen LogP contribution in [0.5, 0.6) is 0 Å². The van der Waals surface area contributed by atoms with Crippen LogP contribution >= 0.6 is 0 Å². The molecule has 0 bridgehead atoms. The zero-order valence-electron chi connectivity index (χ0n) is 9.29. The Labute approximate surface area is 80.7 Å². The van der Waals surface area contributed by atoms with Crippen LogP contribution in [0.4, 0.5) is 4.79 Å². The molecule has 1 rings (SSSR count). The van der Waals surface area contributed by atoms with Crippen molar-refractivity contribution in [1.29, 1.82) is 0 Å². The maximum atomic E-state index is 11.4. The van der Waals surface area contributed by atoms with Crippen molar-refractivity contribution in [2.45, 2.75) is 20.8 Å². The van der Waals surface area contributed by atoms with Gasteiger partial charge >= 0.3 is 6.03 Å². The van der Waals surface area contributed by atoms with Gasteiger partial charge < -0.3 is 9.80 Å². The van der Waals surface area contributed by atoms with Crippen LogP contribution in [-0.2, 0) is 0 Å². The van der Waals surface area contributed by atoms with Gasteiger partial charge in [0.2, 0.25) is 0 Å². The quantitative estimate of drug-likeness (QED) is 0.561. The summed E-state index contributed by atoms with van der Waals surface area (Å²) in [6.07, 6.45) is 0. The van der Waals surface area contributed by atoms with Crippen LogP contribution in [0.1, 0.15) is 20.8 Å². The smallest absolute Gasteiger partial charge is 0.319 e. The minimum absolute atomic E-state index is 0.139. The third kappa shape index (κ3) is 2.14. The molecule has 13 heavy (non-hydrogen) atoms. The van der Waals surface area contributed by atoms with Crippen molar-refractivity contribution in [3.05, 3.63) is 0 Å². The van der Waals surface area contributed by atoms with E-state index in [4.69, 9.17) is 0 Å². The minimum atomic E-state index is 0.139. The summed E-state index contributed by atoms with van der Waals surface area (Å²) in [6, 6.07) is 0.139. The Hall–Kier alpha value is -0.730. The van der Waals surface area contributed by atoms with E-state index in [-0.39, 0.29) is 11.4 Å². The number of carbonyl (C=O) groups is 1. The van der Waals surface area contributed by atoms with E-state index in [1.165, 1.54) is 0 Å². The number of rotatable bonds is 0. The molecule has 0 aliphatic carbocycles. The molecule has 0 aromatic heterocycles. The molecule has 1 aliphatic rings. The molecule has 76 valence electrons. The molecule has 0 aromatic carbocycles. The molecule has 2 amide bonds. The largest absolute Gasteiger partial charge is 0.327 e. The van der Waals surface area contributed by atoms with Crippen molar-refractivity contribution in [2.75, 3.05) is 27.2 Å². The first-order chi connectivity index (χ1) is 5.82. The summed E-state index contributed by atoms with van der Waals surface area (Å²) in [5.41, 5.74) is 0.281. The van der Waals surface area contributed by atoms with Crippen molar-refractivity contribution in [3.8, 4) is 0 Å². The van der Waals surface area contributed by atoms with Gasteiger partial charge in [0, 0.05) is 27.2 Å². The lowest BCUT2D eigenvalue weighted by Crippen LogP contribution is -2.53. The van der Waals surface area contributed by atoms with E-state index >= 15 is 0 Å². The molecule has 3 nitrogen and oxygen atoms in total. The molecule has 0 saturated carbocycles. The summed E-state index contributed by atoms with van der Waals surface area (Å²) in [5, 5.41) is 0. The predicted octanol–water partition coefficient (Wildman–Crippen LogP) is 1.65. The van der Waals surface area contributed by atoms with E-state index in [9.17, 15) is 4.79 Å². The monoisotopic (exact) mass is 184 g/mol. The topological polar surface area (TPSA) is 23.6 Å². The van der Waals surface area contributed by atoms with Gasteiger partial charge in [0.1, 0.15) is 0 Å². The van der Waals surface area contributed by atoms with Crippen LogP contribution in [0.25, 0.3) is 0 Å². The third-order valence-corrected chi connectivity index (χ3v) is 2.87. The second-order valence-corrected chi connectivity index (χ2v) is 5.11. The van der Waals surface area contributed by atoms with Gasteiger partial charge in [-0.15, -0.1) is 0 Å². The number of amides is 2. The van der Waals surface area contributed by atoms with E-state index in [2.05, 4.69) is 20.8 Å². The Kier molecular flexibility index (Phi) is 2.55. The SMILES string of the molecule is CN1CC(C(C)(C)C)CN(C)C1=O. The van der Waals surface area contributed by atoms with Gasteiger partial charge in [-0.1, -0.05) is 20.8 Å². The standard InChI is InChI=1S/C10H20N2O/c1-10(2,3)8-6-11(4)9(13)12(5)7-8/h8H,6-7H2,1-5H3. The second-order valence-electron chi connectivity index (χ2n) is 5.11. The molecule has 0 N–H and O–H groups in total. The lowest BCUT2D eigenvalue weighted by molar-refractivity contribution is 0.0840. The molecule has 0 aromatic rings. The molecule has 1 fully saturated rings. The summed E-state index contributed by atoms with van der Waals surface area (Å²) in [7, 11) is 3.74. The fourth-order valence-electron chi connectivity index (χ4n) is 1.71. The molecule has 1 aliphatic heterocycles. The Balaban J connectivity index is 2.69. The number of hydrogen-bond acceptors (Lipinski definition) is 1. The van der Waals surface area contributed by atoms with E-state index in [1.807, 2.05) is 14.1 Å². The fourth-order valence-corrected chi connectivity index (χ4v) is 1.71. The van der Waals surface area contributed by atoms with Gasteiger partial charge in [-0.2, -0.15) is 0 Å². The maximum absolute atomic E-state index is 11.4. The highest BCUT2D eigenvalue weighted by atomic mass is 16.2. The number of carbonyl (C=O) groups excluding carboxylic acids is 1. The first-order valence-electron chi connectivity index (χ1n) is 4.78. The molecule has 0 unspecified atom stereocenters. The van der Waals surface area contributed by atoms with Crippen LogP contribution < -0.4 is 0 Å². The van der Waals surface area contributed by atoms with Crippen LogP contribution in [0.3, 0.4) is 0 Å². The highest BCUT2D eigenvalue weighted by Gasteiger charge is 2.33. The Morgan fingerprint density at radius 2 is 1.54 bits per heavy atom. The minimum Gasteiger partial charge on any atom is -0.327 e. The van der Waals surface area contributed by atoms with Crippen LogP contribution in [-0.4, -0.2) is 43.0 Å². The lowest BCUT2D eigenvalue weighted by Gasteiger charge is -2.42. The molecule has 1 heterocycles. The maximum Gasteiger partial charge on any atom is 0.319 e. The van der Waals surface area contributed by atoms with Crippen LogP contribution in [0.15, 0.2) is 0 Å². The highest BCUT2D eigenvalue weighted by molar-refractivity contribution is 5.74. The zero-order chi connectivity index (χ0) is 10.2. The van der Waals surface area contributed by atoms with Crippen LogP contribution in [0.2, 0.25) is 0 Å². The second kappa shape index (κ2) is 3.20. The Morgan fingerprint density at radius 1 is 1.15 bits per heavy atom. The van der Waals surface area contributed by atoms with Crippen molar-refractivity contribution in [3.63, 3.8) is 0 Å². The first-order valence-corrected chi connectivity index (χ1v) is 4.78. The van der Waals surface area contributed by atoms with Gasteiger partial charge in [0.15, 0.2) is 0 Å². The van der Waals surface area contributed by atoms with Crippen molar-refractivity contribution < 1.29 is 4.79 Å². The average molecular weight is 184 g/mol. The van der Waals surface area contributed by atoms with Gasteiger partial charge in [-0.05, 0) is 11.3 Å². The van der Waals surface area contributed by atoms with E-state index in [0.29, 0.717) is 5.92 Å². The normalized spacial score (nSPS) is 21.2. The Morgan fingerprint density at radius 3 is 1.85 bits per heavy atom. The lowest BCUT2D eigenvalue weighted by atomic mass is 9.79. The summed E-state index contributed by atoms with van der Waals surface area (Å²) in [5.74, 6) is 0.570. The van der Waals surface area contributed by atoms with Crippen molar-refractivity contribution >= 4 is 6.03 Å². The predicted molar refractivity (Wildman–Crippen MR) is 53.6 cm³/mol. The number of urea groups is 1. The van der Waals surface area contributed by atoms with Gasteiger partial charge in [0.05, 0.1) is 0 Å². The van der Waals surface area contributed by atoms with E-state index in [1.54, 1.807) is 9.80 Å². The van der Waals surface area contributed by atoms with E-state index in [0.717, 1.165) is 13.1 Å². The van der Waals surface area contributed by atoms with Crippen molar-refractivity contribution in [1.82, 2.24) is 9.80 Å². The van der Waals surface area contributed by atoms with Gasteiger partial charge in [-0.25, -0.2) is 4.79 Å². The zero-order valence-corrected chi connectivity index (χ0v) is 9.29. The molecule has 0 radical (unpaired) electrons. The van der Waals surface area contributed by atoms with Crippen LogP contribution in [0, 0.1) is 11.3 Å². The summed E-state index contributed by atoms with van der Waals surface area (Å²) < 4.78 is 0. The number of hydrogen-bond donors (Lipinski definition) is 0. The fraction of sp³-hybridized carbons (Fsp3) is 0.900. The van der Waals surface area contributed by atoms with Crippen molar-refractivity contribution in [2.24, 2.45) is 11.3 Å². The molecule has 0 atom stereocenters. The highest BCUT2D eigenvalue weighted by Crippen LogP contribution is 2.29. The molecule has 1 saturated heterocycles. The first kappa shape index (κ1) is 10.4. The average Bonchev–Trinajstić information content (AvgIpc) is 1.97. The number of nitrogens with zero attached hydrogens (tertiary/aromatic N) is 2. The van der Waals surface area contributed by atoms with Gasteiger partial charge in [0.25, 0.3) is 0 Å². The Bertz CT molecular complexity index is 193. The summed E-state index contributed by atoms with van der Waals surface area (Å²) in [6.45, 7) is 8.46. The third-order valence-electron chi connectivity index (χ3n) is 2.87. The summed E-state index contributed by atoms with van der Waals surface area (Å²) >= 11 is 0. The molecular formula is C10H20N2O. The molecular weight excluding hydrogens is 164 g/mol. The molecule has 3 heteroatoms. The van der Waals surface area contributed by atoms with Gasteiger partial charge in [-0.3, -0.25) is 0 Å². The summed E-state index contributed by atoms with van der Waals surface area (Å²) in [4.78, 5) is 15.1.